The summed E-state index contributed by atoms with van der Waals surface area (Å²) in [5, 5.41) is 3.58. The fraction of sp³-hybridized carbons (Fsp3) is 1.00. The van der Waals surface area contributed by atoms with E-state index in [1.165, 1.54) is 51.7 Å². The average Bonchev–Trinajstić information content (AvgIpc) is 2.29. The van der Waals surface area contributed by atoms with Crippen LogP contribution < -0.4 is 5.32 Å². The maximum Gasteiger partial charge on any atom is 0.0226 e. The Morgan fingerprint density at radius 1 is 1.27 bits per heavy atom. The van der Waals surface area contributed by atoms with Gasteiger partial charge in [0.25, 0.3) is 0 Å². The van der Waals surface area contributed by atoms with E-state index in [1.54, 1.807) is 0 Å². The maximum absolute atomic E-state index is 3.58. The van der Waals surface area contributed by atoms with Crippen molar-refractivity contribution in [1.29, 1.82) is 0 Å². The van der Waals surface area contributed by atoms with Crippen molar-refractivity contribution in [2.24, 2.45) is 5.92 Å². The predicted molar refractivity (Wildman–Crippen MR) is 65.1 cm³/mol. The van der Waals surface area contributed by atoms with Crippen LogP contribution in [0.4, 0.5) is 0 Å². The minimum atomic E-state index is 0.819. The van der Waals surface area contributed by atoms with Crippen molar-refractivity contribution < 1.29 is 0 Å². The van der Waals surface area contributed by atoms with Crippen LogP contribution in [0.25, 0.3) is 0 Å². The lowest BCUT2D eigenvalue weighted by Gasteiger charge is -2.44. The van der Waals surface area contributed by atoms with E-state index in [1.807, 2.05) is 0 Å². The summed E-state index contributed by atoms with van der Waals surface area (Å²) in [7, 11) is 0. The summed E-state index contributed by atoms with van der Waals surface area (Å²) in [6.45, 7) is 8.52. The molecule has 15 heavy (non-hydrogen) atoms. The molecule has 2 rings (SSSR count). The van der Waals surface area contributed by atoms with Crippen LogP contribution in [0, 0.1) is 5.92 Å². The first-order chi connectivity index (χ1) is 7.31. The van der Waals surface area contributed by atoms with E-state index >= 15 is 0 Å². The summed E-state index contributed by atoms with van der Waals surface area (Å²) in [5.41, 5.74) is 0. The van der Waals surface area contributed by atoms with E-state index in [2.05, 4.69) is 24.1 Å². The lowest BCUT2D eigenvalue weighted by Crippen LogP contribution is -2.53. The van der Waals surface area contributed by atoms with Gasteiger partial charge in [0.1, 0.15) is 0 Å². The topological polar surface area (TPSA) is 15.3 Å². The molecule has 88 valence electrons. The summed E-state index contributed by atoms with van der Waals surface area (Å²) in [5.74, 6) is 0.864. The molecule has 0 amide bonds. The van der Waals surface area contributed by atoms with Gasteiger partial charge in [-0.15, -0.1) is 0 Å². The Labute approximate surface area is 94.4 Å². The summed E-state index contributed by atoms with van der Waals surface area (Å²) in [6.07, 6.45) is 7.04. The van der Waals surface area contributed by atoms with Crippen molar-refractivity contribution in [3.05, 3.63) is 0 Å². The zero-order valence-corrected chi connectivity index (χ0v) is 10.3. The van der Waals surface area contributed by atoms with Gasteiger partial charge in [-0.2, -0.15) is 0 Å². The monoisotopic (exact) mass is 210 g/mol. The molecule has 0 aromatic heterocycles. The number of likely N-dealkylation sites (tertiary alicyclic amines) is 1. The van der Waals surface area contributed by atoms with Crippen LogP contribution in [0.5, 0.6) is 0 Å². The predicted octanol–water partition coefficient (Wildman–Crippen LogP) is 2.25. The number of rotatable bonds is 2. The Kier molecular flexibility index (Phi) is 4.04. The Morgan fingerprint density at radius 2 is 2.13 bits per heavy atom. The zero-order chi connectivity index (χ0) is 10.7. The molecule has 0 spiro atoms. The third-order valence-electron chi connectivity index (χ3n) is 4.16. The van der Waals surface area contributed by atoms with Gasteiger partial charge in [0.05, 0.1) is 0 Å². The van der Waals surface area contributed by atoms with Crippen LogP contribution in [0.15, 0.2) is 0 Å². The molecule has 3 atom stereocenters. The summed E-state index contributed by atoms with van der Waals surface area (Å²) >= 11 is 0. The van der Waals surface area contributed by atoms with Crippen molar-refractivity contribution >= 4 is 0 Å². The molecule has 0 aromatic carbocycles. The minimum Gasteiger partial charge on any atom is -0.315 e. The molecular weight excluding hydrogens is 184 g/mol. The molecule has 1 N–H and O–H groups in total. The first kappa shape index (κ1) is 11.4. The van der Waals surface area contributed by atoms with Gasteiger partial charge in [-0.3, -0.25) is 4.90 Å². The average molecular weight is 210 g/mol. The van der Waals surface area contributed by atoms with Gasteiger partial charge in [-0.25, -0.2) is 0 Å². The fourth-order valence-electron chi connectivity index (χ4n) is 3.32. The molecular formula is C13H26N2. The highest BCUT2D eigenvalue weighted by atomic mass is 15.2. The smallest absolute Gasteiger partial charge is 0.0226 e. The lowest BCUT2D eigenvalue weighted by atomic mass is 9.91. The number of piperidine rings is 2. The molecule has 0 aliphatic carbocycles. The number of nitrogens with zero attached hydrogens (tertiary/aromatic N) is 1. The van der Waals surface area contributed by atoms with Crippen LogP contribution in [-0.4, -0.2) is 36.6 Å². The van der Waals surface area contributed by atoms with Crippen LogP contribution in [0.3, 0.4) is 0 Å². The Bertz CT molecular complexity index is 193. The van der Waals surface area contributed by atoms with Crippen molar-refractivity contribution in [3.8, 4) is 0 Å². The van der Waals surface area contributed by atoms with Gasteiger partial charge < -0.3 is 5.32 Å². The molecule has 3 unspecified atom stereocenters. The maximum atomic E-state index is 3.58. The summed E-state index contributed by atoms with van der Waals surface area (Å²) in [6, 6.07) is 1.69. The van der Waals surface area contributed by atoms with E-state index in [0.717, 1.165) is 18.0 Å². The third kappa shape index (κ3) is 2.73. The minimum absolute atomic E-state index is 0.819. The lowest BCUT2D eigenvalue weighted by molar-refractivity contribution is 0.0664. The molecule has 2 saturated heterocycles. The Balaban J connectivity index is 1.94. The molecule has 2 nitrogen and oxygen atoms in total. The van der Waals surface area contributed by atoms with Gasteiger partial charge in [-0.05, 0) is 44.7 Å². The van der Waals surface area contributed by atoms with Gasteiger partial charge in [0.15, 0.2) is 0 Å². The molecule has 2 heterocycles. The number of hydrogen-bond acceptors (Lipinski definition) is 2. The number of hydrogen-bond donors (Lipinski definition) is 1. The van der Waals surface area contributed by atoms with E-state index < -0.39 is 0 Å². The highest BCUT2D eigenvalue weighted by molar-refractivity contribution is 4.87. The molecule has 0 bridgehead atoms. The Hall–Kier alpha value is -0.0800. The second-order valence-corrected chi connectivity index (χ2v) is 5.45. The molecule has 2 aliphatic rings. The molecule has 2 fully saturated rings. The standard InChI is InChI=1S/C13H26N2/c1-3-12-6-4-5-7-15(12)13-8-11(2)9-14-10-13/h11-14H,3-10H2,1-2H3. The molecule has 2 heteroatoms. The van der Waals surface area contributed by atoms with E-state index in [0.29, 0.717) is 0 Å². The van der Waals surface area contributed by atoms with Crippen molar-refractivity contribution in [3.63, 3.8) is 0 Å². The van der Waals surface area contributed by atoms with Gasteiger partial charge in [0.2, 0.25) is 0 Å². The quantitative estimate of drug-likeness (QED) is 0.752. The van der Waals surface area contributed by atoms with Crippen LogP contribution in [0.2, 0.25) is 0 Å². The zero-order valence-electron chi connectivity index (χ0n) is 10.3. The second-order valence-electron chi connectivity index (χ2n) is 5.45. The first-order valence-electron chi connectivity index (χ1n) is 6.77. The fourth-order valence-corrected chi connectivity index (χ4v) is 3.32. The normalized spacial score (nSPS) is 39.2. The highest BCUT2D eigenvalue weighted by Gasteiger charge is 2.30. The van der Waals surface area contributed by atoms with Crippen molar-refractivity contribution in [2.75, 3.05) is 19.6 Å². The molecule has 0 aromatic rings. The highest BCUT2D eigenvalue weighted by Crippen LogP contribution is 2.25. The van der Waals surface area contributed by atoms with Crippen molar-refractivity contribution in [1.82, 2.24) is 10.2 Å². The van der Waals surface area contributed by atoms with Gasteiger partial charge in [0, 0.05) is 18.6 Å². The van der Waals surface area contributed by atoms with Crippen LogP contribution in [-0.2, 0) is 0 Å². The van der Waals surface area contributed by atoms with Crippen molar-refractivity contribution in [2.45, 2.75) is 58.0 Å². The SMILES string of the molecule is CCC1CCCCN1C1CNCC(C)C1. The second kappa shape index (κ2) is 5.31. The van der Waals surface area contributed by atoms with Gasteiger partial charge in [-0.1, -0.05) is 20.3 Å². The largest absolute Gasteiger partial charge is 0.315 e. The molecule has 2 aliphatic heterocycles. The van der Waals surface area contributed by atoms with E-state index in [4.69, 9.17) is 0 Å². The van der Waals surface area contributed by atoms with Crippen LogP contribution >= 0.6 is 0 Å². The Morgan fingerprint density at radius 3 is 2.87 bits per heavy atom. The molecule has 0 saturated carbocycles. The molecule has 0 radical (unpaired) electrons. The first-order valence-corrected chi connectivity index (χ1v) is 6.77. The third-order valence-corrected chi connectivity index (χ3v) is 4.16. The van der Waals surface area contributed by atoms with E-state index in [-0.39, 0.29) is 0 Å². The van der Waals surface area contributed by atoms with Gasteiger partial charge >= 0.3 is 0 Å². The summed E-state index contributed by atoms with van der Waals surface area (Å²) < 4.78 is 0. The summed E-state index contributed by atoms with van der Waals surface area (Å²) in [4.78, 5) is 2.80. The van der Waals surface area contributed by atoms with E-state index in [9.17, 15) is 0 Å². The van der Waals surface area contributed by atoms with Crippen LogP contribution in [0.1, 0.15) is 46.0 Å². The number of nitrogens with one attached hydrogen (secondary N) is 1.